The molecule has 0 bridgehead atoms. The van der Waals surface area contributed by atoms with Crippen LogP contribution in [-0.2, 0) is 14.3 Å². The van der Waals surface area contributed by atoms with Crippen LogP contribution in [0, 0.1) is 0 Å². The highest BCUT2D eigenvalue weighted by Gasteiger charge is 2.38. The number of aliphatic carboxylic acids is 1. The van der Waals surface area contributed by atoms with E-state index in [1.807, 2.05) is 30.3 Å². The van der Waals surface area contributed by atoms with Gasteiger partial charge in [0.25, 0.3) is 0 Å². The van der Waals surface area contributed by atoms with Crippen LogP contribution in [0.15, 0.2) is 30.3 Å². The van der Waals surface area contributed by atoms with Crippen molar-refractivity contribution in [2.75, 3.05) is 20.8 Å². The van der Waals surface area contributed by atoms with E-state index in [9.17, 15) is 18.0 Å². The van der Waals surface area contributed by atoms with E-state index in [-0.39, 0.29) is 22.7 Å². The molecule has 1 aliphatic heterocycles. The van der Waals surface area contributed by atoms with Gasteiger partial charge in [0.1, 0.15) is 0 Å². The molecule has 0 saturated carbocycles. The molecule has 0 radical (unpaired) electrons. The van der Waals surface area contributed by atoms with E-state index in [0.29, 0.717) is 0 Å². The van der Waals surface area contributed by atoms with Gasteiger partial charge in [-0.25, -0.2) is 4.79 Å². The molecule has 26 heavy (non-hydrogen) atoms. The number of carbonyl (C=O) groups excluding carboxylic acids is 1. The number of ether oxygens (including phenoxy) is 2. The van der Waals surface area contributed by atoms with Crippen molar-refractivity contribution in [3.8, 4) is 0 Å². The van der Waals surface area contributed by atoms with E-state index in [4.69, 9.17) is 19.4 Å². The van der Waals surface area contributed by atoms with E-state index in [2.05, 4.69) is 5.32 Å². The molecule has 1 aromatic rings. The number of hydrogen-bond acceptors (Lipinski definition) is 6. The molecule has 146 valence electrons. The van der Waals surface area contributed by atoms with Gasteiger partial charge in [-0.2, -0.15) is 13.2 Å². The lowest BCUT2D eigenvalue weighted by Crippen LogP contribution is -2.37. The van der Waals surface area contributed by atoms with Gasteiger partial charge < -0.3 is 19.9 Å². The number of benzene rings is 1. The molecule has 1 aliphatic rings. The highest BCUT2D eigenvalue weighted by Crippen LogP contribution is 2.26. The smallest absolute Gasteiger partial charge is 0.475 e. The zero-order valence-electron chi connectivity index (χ0n) is 14.2. The molecule has 1 saturated heterocycles. The minimum Gasteiger partial charge on any atom is -0.475 e. The van der Waals surface area contributed by atoms with Crippen LogP contribution in [0.4, 0.5) is 13.2 Å². The van der Waals surface area contributed by atoms with E-state index < -0.39 is 12.1 Å². The number of nitrogens with one attached hydrogen (secondary N) is 1. The highest BCUT2D eigenvalue weighted by atomic mass is 32.2. The number of thioether (sulfide) groups is 1. The molecule has 1 aromatic carbocycles. The number of carbonyl (C=O) groups is 2. The van der Waals surface area contributed by atoms with Crippen LogP contribution in [0.3, 0.4) is 0 Å². The van der Waals surface area contributed by atoms with Crippen molar-refractivity contribution in [3.63, 3.8) is 0 Å². The Labute approximate surface area is 153 Å². The van der Waals surface area contributed by atoms with Crippen LogP contribution < -0.4 is 5.32 Å². The first-order valence-electron chi connectivity index (χ1n) is 7.54. The monoisotopic (exact) mass is 395 g/mol. The van der Waals surface area contributed by atoms with Crippen LogP contribution in [0.25, 0.3) is 0 Å². The third-order valence-electron chi connectivity index (χ3n) is 3.44. The topological polar surface area (TPSA) is 84.9 Å². The number of halogens is 3. The fourth-order valence-corrected chi connectivity index (χ4v) is 3.31. The normalized spacial score (nSPS) is 19.8. The quantitative estimate of drug-likeness (QED) is 0.741. The number of methoxy groups -OCH3 is 2. The highest BCUT2D eigenvalue weighted by molar-refractivity contribution is 8.14. The van der Waals surface area contributed by atoms with Crippen molar-refractivity contribution in [3.05, 3.63) is 35.9 Å². The molecular formula is C16H20F3NO5S. The Hall–Kier alpha value is -1.62. The maximum Gasteiger partial charge on any atom is 0.490 e. The zero-order chi connectivity index (χ0) is 19.7. The number of rotatable bonds is 5. The minimum atomic E-state index is -5.08. The molecule has 0 aromatic heterocycles. The second-order valence-electron chi connectivity index (χ2n) is 5.29. The molecule has 2 atom stereocenters. The maximum atomic E-state index is 12.1. The van der Waals surface area contributed by atoms with Gasteiger partial charge in [-0.3, -0.25) is 4.79 Å². The molecule has 1 heterocycles. The van der Waals surface area contributed by atoms with Gasteiger partial charge in [-0.15, -0.1) is 0 Å². The summed E-state index contributed by atoms with van der Waals surface area (Å²) in [5.41, 5.74) is 0.756. The second-order valence-corrected chi connectivity index (χ2v) is 6.56. The van der Waals surface area contributed by atoms with Crippen LogP contribution in [0.1, 0.15) is 16.8 Å². The summed E-state index contributed by atoms with van der Waals surface area (Å²) in [6.45, 7) is 0.803. The molecule has 2 rings (SSSR count). The third-order valence-corrected chi connectivity index (χ3v) is 4.59. The van der Waals surface area contributed by atoms with Crippen LogP contribution >= 0.6 is 11.8 Å². The standard InChI is InChI=1S/C14H19NO3S.C2HF3O2/c1-17-14(18-2)12-8-11(9-15-12)19-13(16)10-6-4-3-5-7-10;3-2(4,5)1(6)7/h3-7,11-12,14-15H,8-9H2,1-2H3;(H,6,7)/t11-,12-;/m0./s1. The first kappa shape index (κ1) is 22.4. The van der Waals surface area contributed by atoms with Crippen molar-refractivity contribution in [1.29, 1.82) is 0 Å². The Morgan fingerprint density at radius 3 is 2.23 bits per heavy atom. The summed E-state index contributed by atoms with van der Waals surface area (Å²) in [7, 11) is 3.26. The number of carboxylic acid groups (broad SMARTS) is 1. The van der Waals surface area contributed by atoms with Crippen molar-refractivity contribution in [2.24, 2.45) is 0 Å². The molecule has 10 heteroatoms. The fourth-order valence-electron chi connectivity index (χ4n) is 2.25. The van der Waals surface area contributed by atoms with Crippen molar-refractivity contribution >= 4 is 22.8 Å². The summed E-state index contributed by atoms with van der Waals surface area (Å²) in [5, 5.41) is 10.9. The number of carboxylic acids is 1. The van der Waals surface area contributed by atoms with Crippen molar-refractivity contribution in [2.45, 2.75) is 30.2 Å². The molecule has 0 spiro atoms. The van der Waals surface area contributed by atoms with Gasteiger partial charge in [-0.1, -0.05) is 42.1 Å². The lowest BCUT2D eigenvalue weighted by molar-refractivity contribution is -0.192. The Balaban J connectivity index is 0.000000412. The summed E-state index contributed by atoms with van der Waals surface area (Å²) >= 11 is 1.39. The van der Waals surface area contributed by atoms with Gasteiger partial charge in [0.05, 0.1) is 6.04 Å². The van der Waals surface area contributed by atoms with Crippen molar-refractivity contribution < 1.29 is 37.3 Å². The van der Waals surface area contributed by atoms with Gasteiger partial charge in [-0.05, 0) is 6.42 Å². The lowest BCUT2D eigenvalue weighted by Gasteiger charge is -2.20. The number of alkyl halides is 3. The SMILES string of the molecule is COC(OC)[C@@H]1C[C@H](SC(=O)c2ccccc2)CN1.O=C(O)C(F)(F)F. The van der Waals surface area contributed by atoms with E-state index >= 15 is 0 Å². The molecule has 0 unspecified atom stereocenters. The molecule has 1 fully saturated rings. The summed E-state index contributed by atoms with van der Waals surface area (Å²) in [6.07, 6.45) is -4.47. The number of hydrogen-bond donors (Lipinski definition) is 2. The summed E-state index contributed by atoms with van der Waals surface area (Å²) in [5.74, 6) is -2.76. The minimum absolute atomic E-state index is 0.124. The molecule has 0 aliphatic carbocycles. The first-order chi connectivity index (χ1) is 12.2. The maximum absolute atomic E-state index is 12.1. The summed E-state index contributed by atoms with van der Waals surface area (Å²) in [6, 6.07) is 9.53. The zero-order valence-corrected chi connectivity index (χ0v) is 15.0. The Bertz CT molecular complexity index is 581. The Kier molecular flexibility index (Phi) is 9.06. The Morgan fingerprint density at radius 2 is 1.77 bits per heavy atom. The van der Waals surface area contributed by atoms with E-state index in [1.165, 1.54) is 11.8 Å². The molecule has 6 nitrogen and oxygen atoms in total. The Morgan fingerprint density at radius 1 is 1.23 bits per heavy atom. The summed E-state index contributed by atoms with van der Waals surface area (Å²) in [4.78, 5) is 21.0. The fraction of sp³-hybridized carbons (Fsp3) is 0.500. The lowest BCUT2D eigenvalue weighted by atomic mass is 10.2. The van der Waals surface area contributed by atoms with Gasteiger partial charge in [0.2, 0.25) is 5.12 Å². The van der Waals surface area contributed by atoms with Gasteiger partial charge in [0.15, 0.2) is 6.29 Å². The first-order valence-corrected chi connectivity index (χ1v) is 8.42. The second kappa shape index (κ2) is 10.5. The molecule has 2 N–H and O–H groups in total. The average molecular weight is 395 g/mol. The largest absolute Gasteiger partial charge is 0.490 e. The van der Waals surface area contributed by atoms with E-state index in [1.54, 1.807) is 14.2 Å². The predicted molar refractivity (Wildman–Crippen MR) is 90.1 cm³/mol. The van der Waals surface area contributed by atoms with Crippen molar-refractivity contribution in [1.82, 2.24) is 5.32 Å². The third kappa shape index (κ3) is 7.32. The van der Waals surface area contributed by atoms with Crippen LogP contribution in [0.2, 0.25) is 0 Å². The van der Waals surface area contributed by atoms with Gasteiger partial charge in [0, 0.05) is 31.6 Å². The molecule has 0 amide bonds. The van der Waals surface area contributed by atoms with Crippen LogP contribution in [-0.4, -0.2) is 60.7 Å². The van der Waals surface area contributed by atoms with E-state index in [0.717, 1.165) is 18.5 Å². The average Bonchev–Trinajstić information content (AvgIpc) is 3.05. The summed E-state index contributed by atoms with van der Waals surface area (Å²) < 4.78 is 42.2. The predicted octanol–water partition coefficient (Wildman–Crippen LogP) is 2.54. The molecular weight excluding hydrogens is 375 g/mol. The van der Waals surface area contributed by atoms with Crippen LogP contribution in [0.5, 0.6) is 0 Å². The van der Waals surface area contributed by atoms with Gasteiger partial charge >= 0.3 is 12.1 Å².